The van der Waals surface area contributed by atoms with Crippen LogP contribution in [0.3, 0.4) is 0 Å². The maximum Gasteiger partial charge on any atom is 0.0722 e. The van der Waals surface area contributed by atoms with Crippen LogP contribution in [0.2, 0.25) is 0 Å². The maximum absolute atomic E-state index is 4.82. The Morgan fingerprint density at radius 2 is 0.731 bits per heavy atom. The van der Waals surface area contributed by atoms with Crippen molar-refractivity contribution < 1.29 is 0 Å². The van der Waals surface area contributed by atoms with Gasteiger partial charge in [-0.1, -0.05) is 60.7 Å². The van der Waals surface area contributed by atoms with Crippen LogP contribution < -0.4 is 10.6 Å². The summed E-state index contributed by atoms with van der Waals surface area (Å²) in [4.78, 5) is 0. The molecule has 4 aromatic rings. The van der Waals surface area contributed by atoms with Gasteiger partial charge >= 0.3 is 0 Å². The highest BCUT2D eigenvalue weighted by Crippen LogP contribution is 2.52. The summed E-state index contributed by atoms with van der Waals surface area (Å²) in [6.45, 7) is 0. The van der Waals surface area contributed by atoms with Crippen LogP contribution in [0.25, 0.3) is 33.4 Å². The second kappa shape index (κ2) is 4.99. The Hall–Kier alpha value is -3.52. The lowest BCUT2D eigenvalue weighted by Gasteiger charge is -2.13. The summed E-state index contributed by atoms with van der Waals surface area (Å²) in [6.07, 6.45) is 0. The zero-order valence-corrected chi connectivity index (χ0v) is 14.0. The highest BCUT2D eigenvalue weighted by molar-refractivity contribution is 6.06. The Morgan fingerprint density at radius 3 is 1.23 bits per heavy atom. The summed E-state index contributed by atoms with van der Waals surface area (Å²) in [5.41, 5.74) is 11.5. The van der Waals surface area contributed by atoms with Crippen molar-refractivity contribution in [2.24, 2.45) is 0 Å². The van der Waals surface area contributed by atoms with E-state index in [0.29, 0.717) is 0 Å². The van der Waals surface area contributed by atoms with E-state index in [0.717, 1.165) is 22.7 Å². The SMILES string of the molecule is c1ccc2c(c1)[N]c1cccc(-c3cccc4c3-c3ccccc3[N]4)c1-2. The summed E-state index contributed by atoms with van der Waals surface area (Å²) in [7, 11) is 0. The Kier molecular flexibility index (Phi) is 2.64. The van der Waals surface area contributed by atoms with Gasteiger partial charge in [0, 0.05) is 22.3 Å². The maximum atomic E-state index is 4.82. The fraction of sp³-hybridized carbons (Fsp3) is 0. The molecule has 0 spiro atoms. The second-order valence-electron chi connectivity index (χ2n) is 6.66. The number of nitrogens with zero attached hydrogens (tertiary/aromatic N) is 2. The fourth-order valence-corrected chi connectivity index (χ4v) is 4.11. The Bertz CT molecular complexity index is 1100. The largest absolute Gasteiger partial charge is 0.248 e. The summed E-state index contributed by atoms with van der Waals surface area (Å²) >= 11 is 0. The van der Waals surface area contributed by atoms with Crippen molar-refractivity contribution in [3.63, 3.8) is 0 Å². The number of hydrogen-bond acceptors (Lipinski definition) is 0. The highest BCUT2D eigenvalue weighted by Gasteiger charge is 2.27. The fourth-order valence-electron chi connectivity index (χ4n) is 4.11. The number of fused-ring (bicyclic) bond motifs is 6. The molecule has 0 atom stereocenters. The third kappa shape index (κ3) is 1.76. The summed E-state index contributed by atoms with van der Waals surface area (Å²) in [5.74, 6) is 0. The van der Waals surface area contributed by atoms with Crippen LogP contribution in [0.1, 0.15) is 0 Å². The van der Waals surface area contributed by atoms with Gasteiger partial charge in [0.2, 0.25) is 0 Å². The predicted molar refractivity (Wildman–Crippen MR) is 106 cm³/mol. The van der Waals surface area contributed by atoms with E-state index in [-0.39, 0.29) is 0 Å². The molecule has 6 rings (SSSR count). The Balaban J connectivity index is 1.66. The molecule has 2 nitrogen and oxygen atoms in total. The third-order valence-electron chi connectivity index (χ3n) is 5.20. The number of benzene rings is 4. The second-order valence-corrected chi connectivity index (χ2v) is 6.66. The van der Waals surface area contributed by atoms with Crippen molar-refractivity contribution >= 4 is 22.7 Å². The summed E-state index contributed by atoms with van der Waals surface area (Å²) in [6, 6.07) is 29.5. The topological polar surface area (TPSA) is 28.2 Å². The van der Waals surface area contributed by atoms with E-state index in [2.05, 4.69) is 72.8 Å². The first-order chi connectivity index (χ1) is 12.9. The zero-order chi connectivity index (χ0) is 17.1. The lowest BCUT2D eigenvalue weighted by molar-refractivity contribution is 1.23. The van der Waals surface area contributed by atoms with Gasteiger partial charge in [-0.15, -0.1) is 0 Å². The van der Waals surface area contributed by atoms with Crippen molar-refractivity contribution in [2.75, 3.05) is 0 Å². The Morgan fingerprint density at radius 1 is 0.346 bits per heavy atom. The van der Waals surface area contributed by atoms with Gasteiger partial charge in [0.05, 0.1) is 22.7 Å². The minimum atomic E-state index is 1.05. The normalized spacial score (nSPS) is 12.5. The molecule has 0 aliphatic carbocycles. The molecule has 26 heavy (non-hydrogen) atoms. The molecule has 0 unspecified atom stereocenters. The first kappa shape index (κ1) is 13.7. The summed E-state index contributed by atoms with van der Waals surface area (Å²) in [5, 5.41) is 9.63. The van der Waals surface area contributed by atoms with Crippen LogP contribution in [-0.4, -0.2) is 0 Å². The Labute approximate surface area is 152 Å². The molecule has 2 heteroatoms. The van der Waals surface area contributed by atoms with E-state index in [9.17, 15) is 0 Å². The molecule has 0 amide bonds. The first-order valence-corrected chi connectivity index (χ1v) is 8.79. The molecule has 0 aromatic heterocycles. The highest BCUT2D eigenvalue weighted by atomic mass is 14.9. The quantitative estimate of drug-likeness (QED) is 0.331. The van der Waals surface area contributed by atoms with E-state index in [1.165, 1.54) is 33.4 Å². The average Bonchev–Trinajstić information content (AvgIpc) is 3.26. The number of rotatable bonds is 1. The molecule has 0 N–H and O–H groups in total. The molecule has 2 aliphatic rings. The van der Waals surface area contributed by atoms with Crippen LogP contribution in [0.15, 0.2) is 84.9 Å². The van der Waals surface area contributed by atoms with Crippen molar-refractivity contribution in [1.82, 2.24) is 10.6 Å². The van der Waals surface area contributed by atoms with Gasteiger partial charge in [0.25, 0.3) is 0 Å². The summed E-state index contributed by atoms with van der Waals surface area (Å²) < 4.78 is 0. The van der Waals surface area contributed by atoms with Gasteiger partial charge in [-0.2, -0.15) is 0 Å². The first-order valence-electron chi connectivity index (χ1n) is 8.79. The molecule has 0 saturated heterocycles. The standard InChI is InChI=1S/C24H14N2/c1-3-11-19-17(7-1)23-15(9-5-13-21(23)25-19)16-10-6-14-22-24(16)18-8-2-4-12-20(18)26-22/h1-14H. The monoisotopic (exact) mass is 330 g/mol. The van der Waals surface area contributed by atoms with Gasteiger partial charge in [-0.3, -0.25) is 0 Å². The lowest BCUT2D eigenvalue weighted by atomic mass is 9.89. The van der Waals surface area contributed by atoms with E-state index in [1.807, 2.05) is 12.1 Å². The molecular weight excluding hydrogens is 316 g/mol. The minimum absolute atomic E-state index is 1.05. The van der Waals surface area contributed by atoms with Crippen molar-refractivity contribution in [3.05, 3.63) is 84.9 Å². The van der Waals surface area contributed by atoms with Crippen LogP contribution in [0.4, 0.5) is 22.7 Å². The molecule has 0 bridgehead atoms. The smallest absolute Gasteiger partial charge is 0.0722 e. The van der Waals surface area contributed by atoms with Gasteiger partial charge < -0.3 is 0 Å². The lowest BCUT2D eigenvalue weighted by Crippen LogP contribution is -1.88. The number of para-hydroxylation sites is 2. The van der Waals surface area contributed by atoms with E-state index in [1.54, 1.807) is 0 Å². The van der Waals surface area contributed by atoms with Crippen LogP contribution in [0, 0.1) is 0 Å². The van der Waals surface area contributed by atoms with Crippen molar-refractivity contribution in [1.29, 1.82) is 0 Å². The number of hydrogen-bond donors (Lipinski definition) is 0. The van der Waals surface area contributed by atoms with E-state index in [4.69, 9.17) is 10.6 Å². The molecule has 0 fully saturated rings. The molecule has 2 radical (unpaired) electrons. The minimum Gasteiger partial charge on any atom is -0.248 e. The van der Waals surface area contributed by atoms with E-state index >= 15 is 0 Å². The van der Waals surface area contributed by atoms with Crippen molar-refractivity contribution in [3.8, 4) is 33.4 Å². The molecule has 4 aromatic carbocycles. The third-order valence-corrected chi connectivity index (χ3v) is 5.20. The van der Waals surface area contributed by atoms with Crippen LogP contribution >= 0.6 is 0 Å². The van der Waals surface area contributed by atoms with Crippen LogP contribution in [0.5, 0.6) is 0 Å². The zero-order valence-electron chi connectivity index (χ0n) is 14.0. The van der Waals surface area contributed by atoms with Gasteiger partial charge in [0.15, 0.2) is 0 Å². The van der Waals surface area contributed by atoms with Crippen molar-refractivity contribution in [2.45, 2.75) is 0 Å². The predicted octanol–water partition coefficient (Wildman–Crippen LogP) is 6.45. The van der Waals surface area contributed by atoms with Crippen LogP contribution in [-0.2, 0) is 0 Å². The molecule has 2 heterocycles. The van der Waals surface area contributed by atoms with Gasteiger partial charge in [0.1, 0.15) is 0 Å². The van der Waals surface area contributed by atoms with Gasteiger partial charge in [-0.05, 0) is 35.4 Å². The molecule has 120 valence electrons. The molecular formula is C24H14N2. The molecule has 2 aliphatic heterocycles. The molecule has 0 saturated carbocycles. The average molecular weight is 330 g/mol. The van der Waals surface area contributed by atoms with E-state index < -0.39 is 0 Å². The van der Waals surface area contributed by atoms with Gasteiger partial charge in [-0.25, -0.2) is 10.6 Å².